The van der Waals surface area contributed by atoms with Gasteiger partial charge in [-0.2, -0.15) is 0 Å². The summed E-state index contributed by atoms with van der Waals surface area (Å²) in [5, 5.41) is 1.24. The van der Waals surface area contributed by atoms with E-state index in [2.05, 4.69) is 9.97 Å². The Labute approximate surface area is 84.2 Å². The minimum Gasteiger partial charge on any atom is -0.422 e. The van der Waals surface area contributed by atoms with Crippen LogP contribution < -0.4 is 5.63 Å². The van der Waals surface area contributed by atoms with E-state index in [1.165, 1.54) is 12.5 Å². The number of nitrogens with zero attached hydrogens (tertiary/aromatic N) is 2. The van der Waals surface area contributed by atoms with Crippen LogP contribution in [0.25, 0.3) is 21.9 Å². The van der Waals surface area contributed by atoms with Crippen LogP contribution in [0.3, 0.4) is 0 Å². The van der Waals surface area contributed by atoms with Crippen molar-refractivity contribution < 1.29 is 4.42 Å². The van der Waals surface area contributed by atoms with Gasteiger partial charge in [-0.1, -0.05) is 12.1 Å². The molecule has 0 N–H and O–H groups in total. The first-order valence-corrected chi connectivity index (χ1v) is 4.48. The number of benzene rings is 1. The quantitative estimate of drug-likeness (QED) is 0.407. The first kappa shape index (κ1) is 8.11. The van der Waals surface area contributed by atoms with E-state index >= 15 is 0 Å². The van der Waals surface area contributed by atoms with E-state index in [1.54, 1.807) is 6.07 Å². The highest BCUT2D eigenvalue weighted by Crippen LogP contribution is 2.18. The van der Waals surface area contributed by atoms with Crippen molar-refractivity contribution >= 4 is 21.9 Å². The van der Waals surface area contributed by atoms with E-state index < -0.39 is 5.63 Å². The van der Waals surface area contributed by atoms with Crippen molar-refractivity contribution in [3.63, 3.8) is 0 Å². The molecule has 4 nitrogen and oxygen atoms in total. The molecule has 0 aliphatic rings. The van der Waals surface area contributed by atoms with Gasteiger partial charge in [0.1, 0.15) is 17.3 Å². The lowest BCUT2D eigenvalue weighted by Crippen LogP contribution is -2.01. The van der Waals surface area contributed by atoms with Gasteiger partial charge in [-0.25, -0.2) is 14.8 Å². The second-order valence-electron chi connectivity index (χ2n) is 3.17. The third-order valence-corrected chi connectivity index (χ3v) is 2.28. The van der Waals surface area contributed by atoms with Gasteiger partial charge in [0.15, 0.2) is 0 Å². The van der Waals surface area contributed by atoms with Crippen LogP contribution in [0.4, 0.5) is 0 Å². The predicted octanol–water partition coefficient (Wildman–Crippen LogP) is 1.74. The van der Waals surface area contributed by atoms with Crippen molar-refractivity contribution in [1.29, 1.82) is 0 Å². The average molecular weight is 198 g/mol. The van der Waals surface area contributed by atoms with Crippen LogP contribution in [0.5, 0.6) is 0 Å². The van der Waals surface area contributed by atoms with Crippen LogP contribution in [0.2, 0.25) is 0 Å². The molecule has 0 fully saturated rings. The molecule has 2 aromatic heterocycles. The van der Waals surface area contributed by atoms with Gasteiger partial charge < -0.3 is 4.42 Å². The summed E-state index contributed by atoms with van der Waals surface area (Å²) < 4.78 is 5.14. The van der Waals surface area contributed by atoms with E-state index in [9.17, 15) is 4.79 Å². The van der Waals surface area contributed by atoms with Gasteiger partial charge in [-0.3, -0.25) is 0 Å². The number of aromatic nitrogens is 2. The maximum atomic E-state index is 11.5. The summed E-state index contributed by atoms with van der Waals surface area (Å²) in [5.74, 6) is 0. The topological polar surface area (TPSA) is 56.0 Å². The average Bonchev–Trinajstić information content (AvgIpc) is 2.30. The SMILES string of the molecule is O=c1oc2ccccc2c2ncncc12. The lowest BCUT2D eigenvalue weighted by atomic mass is 10.2. The van der Waals surface area contributed by atoms with Crippen LogP contribution in [0, 0.1) is 0 Å². The summed E-state index contributed by atoms with van der Waals surface area (Å²) in [6, 6.07) is 7.31. The van der Waals surface area contributed by atoms with Gasteiger partial charge in [-0.15, -0.1) is 0 Å². The summed E-state index contributed by atoms with van der Waals surface area (Å²) in [5.41, 5.74) is 0.787. The Balaban J connectivity index is 2.70. The Morgan fingerprint density at radius 1 is 1.13 bits per heavy atom. The van der Waals surface area contributed by atoms with Crippen molar-refractivity contribution in [3.8, 4) is 0 Å². The summed E-state index contributed by atoms with van der Waals surface area (Å²) in [4.78, 5) is 19.5. The van der Waals surface area contributed by atoms with Crippen molar-refractivity contribution in [2.45, 2.75) is 0 Å². The molecule has 0 atom stereocenters. The van der Waals surface area contributed by atoms with Crippen molar-refractivity contribution in [3.05, 3.63) is 47.2 Å². The molecule has 0 saturated heterocycles. The Morgan fingerprint density at radius 2 is 2.00 bits per heavy atom. The van der Waals surface area contributed by atoms with Crippen LogP contribution in [-0.2, 0) is 0 Å². The van der Waals surface area contributed by atoms with E-state index in [1.807, 2.05) is 18.2 Å². The fraction of sp³-hybridized carbons (Fsp3) is 0. The molecule has 0 aliphatic carbocycles. The highest BCUT2D eigenvalue weighted by molar-refractivity contribution is 6.00. The van der Waals surface area contributed by atoms with Gasteiger partial charge in [-0.05, 0) is 12.1 Å². The molecular formula is C11H6N2O2. The Bertz CT molecular complexity index is 703. The van der Waals surface area contributed by atoms with E-state index in [0.717, 1.165) is 5.39 Å². The normalized spacial score (nSPS) is 10.9. The molecule has 72 valence electrons. The number of hydrogen-bond acceptors (Lipinski definition) is 4. The second kappa shape index (κ2) is 2.88. The van der Waals surface area contributed by atoms with E-state index in [-0.39, 0.29) is 0 Å². The molecule has 15 heavy (non-hydrogen) atoms. The lowest BCUT2D eigenvalue weighted by Gasteiger charge is -1.99. The summed E-state index contributed by atoms with van der Waals surface area (Å²) in [6.45, 7) is 0. The third-order valence-electron chi connectivity index (χ3n) is 2.28. The maximum Gasteiger partial charge on any atom is 0.347 e. The van der Waals surface area contributed by atoms with Crippen molar-refractivity contribution in [1.82, 2.24) is 9.97 Å². The van der Waals surface area contributed by atoms with Gasteiger partial charge in [0.25, 0.3) is 0 Å². The highest BCUT2D eigenvalue weighted by atomic mass is 16.4. The molecule has 0 saturated carbocycles. The lowest BCUT2D eigenvalue weighted by molar-refractivity contribution is 0.569. The Morgan fingerprint density at radius 3 is 2.93 bits per heavy atom. The summed E-state index contributed by atoms with van der Waals surface area (Å²) in [7, 11) is 0. The third kappa shape index (κ3) is 1.11. The van der Waals surface area contributed by atoms with Crippen LogP contribution >= 0.6 is 0 Å². The molecule has 4 heteroatoms. The smallest absolute Gasteiger partial charge is 0.347 e. The number of hydrogen-bond donors (Lipinski definition) is 0. The van der Waals surface area contributed by atoms with Crippen LogP contribution in [-0.4, -0.2) is 9.97 Å². The minimum absolute atomic E-state index is 0.399. The molecule has 0 aliphatic heterocycles. The zero-order chi connectivity index (χ0) is 10.3. The van der Waals surface area contributed by atoms with Crippen molar-refractivity contribution in [2.24, 2.45) is 0 Å². The molecule has 3 rings (SSSR count). The molecule has 0 bridgehead atoms. The summed E-state index contributed by atoms with van der Waals surface area (Å²) in [6.07, 6.45) is 2.90. The zero-order valence-electron chi connectivity index (χ0n) is 7.68. The van der Waals surface area contributed by atoms with E-state index in [0.29, 0.717) is 16.5 Å². The maximum absolute atomic E-state index is 11.5. The fourth-order valence-electron chi connectivity index (χ4n) is 1.60. The first-order valence-electron chi connectivity index (χ1n) is 4.48. The molecule has 0 spiro atoms. The highest BCUT2D eigenvalue weighted by Gasteiger charge is 2.06. The second-order valence-corrected chi connectivity index (χ2v) is 3.17. The largest absolute Gasteiger partial charge is 0.422 e. The minimum atomic E-state index is -0.399. The molecule has 0 unspecified atom stereocenters. The van der Waals surface area contributed by atoms with Crippen molar-refractivity contribution in [2.75, 3.05) is 0 Å². The molecular weight excluding hydrogens is 192 g/mol. The molecule has 1 aromatic carbocycles. The van der Waals surface area contributed by atoms with Crippen LogP contribution in [0.1, 0.15) is 0 Å². The first-order chi connectivity index (χ1) is 7.36. The molecule has 3 aromatic rings. The zero-order valence-corrected chi connectivity index (χ0v) is 7.68. The Kier molecular flexibility index (Phi) is 1.56. The number of fused-ring (bicyclic) bond motifs is 3. The predicted molar refractivity (Wildman–Crippen MR) is 55.6 cm³/mol. The van der Waals surface area contributed by atoms with Crippen LogP contribution in [0.15, 0.2) is 46.0 Å². The van der Waals surface area contributed by atoms with Gasteiger partial charge in [0.05, 0.1) is 5.52 Å². The Hall–Kier alpha value is -2.23. The molecule has 0 amide bonds. The molecule has 2 heterocycles. The number of rotatable bonds is 0. The van der Waals surface area contributed by atoms with E-state index in [4.69, 9.17) is 4.42 Å². The van der Waals surface area contributed by atoms with Gasteiger partial charge in [0.2, 0.25) is 0 Å². The summed E-state index contributed by atoms with van der Waals surface area (Å²) >= 11 is 0. The van der Waals surface area contributed by atoms with Gasteiger partial charge >= 0.3 is 5.63 Å². The fourth-order valence-corrected chi connectivity index (χ4v) is 1.60. The van der Waals surface area contributed by atoms with Gasteiger partial charge in [0, 0.05) is 11.6 Å². The number of para-hydroxylation sites is 1. The molecule has 0 radical (unpaired) electrons. The monoisotopic (exact) mass is 198 g/mol. The standard InChI is InChI=1S/C11H6N2O2/c14-11-8-5-12-6-13-10(8)7-3-1-2-4-9(7)15-11/h1-6H.